The van der Waals surface area contributed by atoms with E-state index in [9.17, 15) is 10.1 Å². The highest BCUT2D eigenvalue weighted by molar-refractivity contribution is 6.30. The molecule has 0 amide bonds. The van der Waals surface area contributed by atoms with Gasteiger partial charge in [-0.2, -0.15) is 0 Å². The number of nitrogens with one attached hydrogen (secondary N) is 1. The summed E-state index contributed by atoms with van der Waals surface area (Å²) in [6.45, 7) is 2.30. The maximum absolute atomic E-state index is 10.9. The molecule has 0 aliphatic heterocycles. The van der Waals surface area contributed by atoms with E-state index in [0.717, 1.165) is 5.76 Å². The summed E-state index contributed by atoms with van der Waals surface area (Å²) in [7, 11) is 0. The molecule has 1 unspecified atom stereocenters. The third-order valence-electron chi connectivity index (χ3n) is 2.81. The summed E-state index contributed by atoms with van der Waals surface area (Å²) in [5.74, 6) is 0.789. The molecule has 1 aromatic carbocycles. The predicted octanol–water partition coefficient (Wildman–Crippen LogP) is 3.69. The first-order valence-electron chi connectivity index (χ1n) is 5.77. The van der Waals surface area contributed by atoms with Crippen LogP contribution in [0, 0.1) is 10.1 Å². The molecule has 1 atom stereocenters. The normalized spacial score (nSPS) is 12.3. The largest absolute Gasteiger partial charge is 0.468 e. The summed E-state index contributed by atoms with van der Waals surface area (Å²) in [6, 6.07) is 8.29. The first-order chi connectivity index (χ1) is 9.08. The van der Waals surface area contributed by atoms with Gasteiger partial charge in [0.15, 0.2) is 0 Å². The van der Waals surface area contributed by atoms with Gasteiger partial charge in [-0.05, 0) is 31.2 Å². The third kappa shape index (κ3) is 3.33. The number of nitrogens with zero attached hydrogens (tertiary/aromatic N) is 1. The summed E-state index contributed by atoms with van der Waals surface area (Å²) in [5.41, 5.74) is 0.611. The van der Waals surface area contributed by atoms with Gasteiger partial charge in [0, 0.05) is 23.2 Å². The fourth-order valence-electron chi connectivity index (χ4n) is 1.76. The Balaban J connectivity index is 2.09. The van der Waals surface area contributed by atoms with E-state index in [4.69, 9.17) is 16.0 Å². The number of hydrogen-bond donors (Lipinski definition) is 1. The minimum absolute atomic E-state index is 0.0200. The zero-order valence-electron chi connectivity index (χ0n) is 10.3. The maximum Gasteiger partial charge on any atom is 0.275 e. The van der Waals surface area contributed by atoms with Gasteiger partial charge in [0.05, 0.1) is 17.2 Å². The lowest BCUT2D eigenvalue weighted by Crippen LogP contribution is -2.18. The highest BCUT2D eigenvalue weighted by Gasteiger charge is 2.15. The van der Waals surface area contributed by atoms with Crippen LogP contribution in [-0.2, 0) is 6.54 Å². The fourth-order valence-corrected chi connectivity index (χ4v) is 1.92. The van der Waals surface area contributed by atoms with Crippen molar-refractivity contribution in [3.8, 4) is 0 Å². The van der Waals surface area contributed by atoms with Crippen molar-refractivity contribution in [1.82, 2.24) is 5.32 Å². The quantitative estimate of drug-likeness (QED) is 0.670. The molecule has 0 spiro atoms. The van der Waals surface area contributed by atoms with Crippen molar-refractivity contribution in [3.05, 3.63) is 63.1 Å². The Morgan fingerprint density at radius 1 is 1.47 bits per heavy atom. The van der Waals surface area contributed by atoms with Crippen LogP contribution in [0.25, 0.3) is 0 Å². The highest BCUT2D eigenvalue weighted by Crippen LogP contribution is 2.24. The van der Waals surface area contributed by atoms with Crippen molar-refractivity contribution in [1.29, 1.82) is 0 Å². The van der Waals surface area contributed by atoms with Gasteiger partial charge in [0.2, 0.25) is 0 Å². The Kier molecular flexibility index (Phi) is 4.19. The molecule has 1 N–H and O–H groups in total. The molecule has 0 radical (unpaired) electrons. The molecular weight excluding hydrogens is 268 g/mol. The van der Waals surface area contributed by atoms with Crippen molar-refractivity contribution in [3.63, 3.8) is 0 Å². The van der Waals surface area contributed by atoms with Crippen LogP contribution in [0.15, 0.2) is 41.0 Å². The molecule has 6 heteroatoms. The first kappa shape index (κ1) is 13.6. The van der Waals surface area contributed by atoms with Gasteiger partial charge < -0.3 is 9.73 Å². The molecule has 1 heterocycles. The molecule has 100 valence electrons. The Bertz CT molecular complexity index is 569. The van der Waals surface area contributed by atoms with Crippen molar-refractivity contribution in [2.45, 2.75) is 19.5 Å². The van der Waals surface area contributed by atoms with Crippen LogP contribution in [0.4, 0.5) is 5.69 Å². The zero-order valence-corrected chi connectivity index (χ0v) is 11.1. The maximum atomic E-state index is 10.9. The minimum atomic E-state index is -0.430. The van der Waals surface area contributed by atoms with E-state index in [-0.39, 0.29) is 11.7 Å². The van der Waals surface area contributed by atoms with Crippen molar-refractivity contribution in [2.75, 3.05) is 0 Å². The van der Waals surface area contributed by atoms with Crippen LogP contribution < -0.4 is 5.32 Å². The second-order valence-electron chi connectivity index (χ2n) is 4.15. The molecular formula is C13H13ClN2O3. The van der Waals surface area contributed by atoms with E-state index in [1.807, 2.05) is 13.0 Å². The van der Waals surface area contributed by atoms with E-state index in [2.05, 4.69) is 5.32 Å². The Morgan fingerprint density at radius 3 is 2.89 bits per heavy atom. The van der Waals surface area contributed by atoms with Crippen LogP contribution in [-0.4, -0.2) is 4.92 Å². The third-order valence-corrected chi connectivity index (χ3v) is 3.05. The molecule has 1 aromatic heterocycles. The number of nitro benzene ring substituents is 1. The van der Waals surface area contributed by atoms with E-state index >= 15 is 0 Å². The van der Waals surface area contributed by atoms with E-state index in [1.165, 1.54) is 6.07 Å². The number of rotatable bonds is 5. The minimum Gasteiger partial charge on any atom is -0.468 e. The number of furan rings is 1. The van der Waals surface area contributed by atoms with Crippen molar-refractivity contribution in [2.24, 2.45) is 0 Å². The van der Waals surface area contributed by atoms with Crippen LogP contribution in [0.3, 0.4) is 0 Å². The topological polar surface area (TPSA) is 68.3 Å². The number of benzene rings is 1. The molecule has 0 saturated carbocycles. The van der Waals surface area contributed by atoms with Crippen LogP contribution in [0.5, 0.6) is 0 Å². The van der Waals surface area contributed by atoms with Gasteiger partial charge in [-0.25, -0.2) is 0 Å². The van der Waals surface area contributed by atoms with Gasteiger partial charge in [-0.15, -0.1) is 0 Å². The average molecular weight is 281 g/mol. The number of nitro groups is 1. The highest BCUT2D eigenvalue weighted by atomic mass is 35.5. The standard InChI is InChI=1S/C13H13ClN2O3/c1-9(13-3-2-6-19-13)15-8-10-4-5-11(14)7-12(10)16(17)18/h2-7,9,15H,8H2,1H3. The lowest BCUT2D eigenvalue weighted by Gasteiger charge is -2.11. The van der Waals surface area contributed by atoms with Crippen LogP contribution in [0.2, 0.25) is 5.02 Å². The fraction of sp³-hybridized carbons (Fsp3) is 0.231. The van der Waals surface area contributed by atoms with Gasteiger partial charge in [0.25, 0.3) is 5.69 Å². The number of hydrogen-bond acceptors (Lipinski definition) is 4. The monoisotopic (exact) mass is 280 g/mol. The van der Waals surface area contributed by atoms with Crippen LogP contribution in [0.1, 0.15) is 24.3 Å². The summed E-state index contributed by atoms with van der Waals surface area (Å²) in [5, 5.41) is 14.5. The summed E-state index contributed by atoms with van der Waals surface area (Å²) >= 11 is 5.76. The molecule has 5 nitrogen and oxygen atoms in total. The number of halogens is 1. The van der Waals surface area contributed by atoms with E-state index in [0.29, 0.717) is 17.1 Å². The molecule has 2 aromatic rings. The second kappa shape index (κ2) is 5.86. The lowest BCUT2D eigenvalue weighted by atomic mass is 10.1. The lowest BCUT2D eigenvalue weighted by molar-refractivity contribution is -0.385. The van der Waals surface area contributed by atoms with Gasteiger partial charge in [-0.3, -0.25) is 10.1 Å². The molecule has 0 aliphatic carbocycles. The van der Waals surface area contributed by atoms with Crippen molar-refractivity contribution < 1.29 is 9.34 Å². The van der Waals surface area contributed by atoms with Crippen LogP contribution >= 0.6 is 11.6 Å². The molecule has 0 aliphatic rings. The van der Waals surface area contributed by atoms with Gasteiger partial charge in [0.1, 0.15) is 5.76 Å². The van der Waals surface area contributed by atoms with Gasteiger partial charge in [-0.1, -0.05) is 11.6 Å². The summed E-state index contributed by atoms with van der Waals surface area (Å²) in [4.78, 5) is 10.5. The SMILES string of the molecule is CC(NCc1ccc(Cl)cc1[N+](=O)[O-])c1ccco1. The summed E-state index contributed by atoms with van der Waals surface area (Å²) in [6.07, 6.45) is 1.60. The molecule has 0 fully saturated rings. The Labute approximate surface area is 115 Å². The van der Waals surface area contributed by atoms with Gasteiger partial charge >= 0.3 is 0 Å². The molecule has 2 rings (SSSR count). The molecule has 0 bridgehead atoms. The zero-order chi connectivity index (χ0) is 13.8. The smallest absolute Gasteiger partial charge is 0.275 e. The van der Waals surface area contributed by atoms with E-state index in [1.54, 1.807) is 24.5 Å². The molecule has 0 saturated heterocycles. The molecule has 19 heavy (non-hydrogen) atoms. The Hall–Kier alpha value is -1.85. The first-order valence-corrected chi connectivity index (χ1v) is 6.15. The Morgan fingerprint density at radius 2 is 2.26 bits per heavy atom. The average Bonchev–Trinajstić information content (AvgIpc) is 2.90. The predicted molar refractivity (Wildman–Crippen MR) is 72.1 cm³/mol. The second-order valence-corrected chi connectivity index (χ2v) is 4.58. The van der Waals surface area contributed by atoms with E-state index < -0.39 is 4.92 Å². The van der Waals surface area contributed by atoms with Crippen molar-refractivity contribution >= 4 is 17.3 Å². The summed E-state index contributed by atoms with van der Waals surface area (Å²) < 4.78 is 5.26.